The minimum Gasteiger partial charge on any atom is -0.489 e. The Bertz CT molecular complexity index is 346. The Labute approximate surface area is 98.3 Å². The van der Waals surface area contributed by atoms with Gasteiger partial charge in [-0.1, -0.05) is 25.6 Å². The molecule has 0 heterocycles. The summed E-state index contributed by atoms with van der Waals surface area (Å²) >= 11 is 0. The first-order valence-corrected chi connectivity index (χ1v) is 5.74. The van der Waals surface area contributed by atoms with E-state index in [4.69, 9.17) is 4.74 Å². The molecule has 1 rings (SSSR count). The van der Waals surface area contributed by atoms with Gasteiger partial charge in [0.15, 0.2) is 0 Å². The highest BCUT2D eigenvalue weighted by atomic mass is 16.5. The van der Waals surface area contributed by atoms with Crippen LogP contribution in [-0.2, 0) is 0 Å². The second kappa shape index (κ2) is 6.33. The van der Waals surface area contributed by atoms with Crippen molar-refractivity contribution in [3.8, 4) is 5.75 Å². The van der Waals surface area contributed by atoms with E-state index in [1.54, 1.807) is 0 Å². The van der Waals surface area contributed by atoms with E-state index in [1.165, 1.54) is 5.56 Å². The molecule has 2 nitrogen and oxygen atoms in total. The SMILES string of the molecule is C=C(C)COc1cccc(C(C)NCC)c1. The van der Waals surface area contributed by atoms with Crippen molar-refractivity contribution in [2.75, 3.05) is 13.2 Å². The van der Waals surface area contributed by atoms with Gasteiger partial charge in [-0.2, -0.15) is 0 Å². The Morgan fingerprint density at radius 1 is 1.50 bits per heavy atom. The maximum Gasteiger partial charge on any atom is 0.120 e. The van der Waals surface area contributed by atoms with Crippen LogP contribution < -0.4 is 10.1 Å². The molecule has 0 aliphatic rings. The maximum absolute atomic E-state index is 5.61. The van der Waals surface area contributed by atoms with E-state index in [1.807, 2.05) is 19.1 Å². The molecule has 0 aliphatic carbocycles. The first-order valence-electron chi connectivity index (χ1n) is 5.74. The molecule has 1 aromatic rings. The Balaban J connectivity index is 2.66. The van der Waals surface area contributed by atoms with E-state index < -0.39 is 0 Å². The predicted molar refractivity (Wildman–Crippen MR) is 68.8 cm³/mol. The van der Waals surface area contributed by atoms with Crippen LogP contribution in [0.15, 0.2) is 36.4 Å². The molecule has 1 N–H and O–H groups in total. The second-order valence-electron chi connectivity index (χ2n) is 4.10. The average Bonchev–Trinajstić information content (AvgIpc) is 2.27. The van der Waals surface area contributed by atoms with Crippen molar-refractivity contribution in [2.24, 2.45) is 0 Å². The van der Waals surface area contributed by atoms with Crippen molar-refractivity contribution < 1.29 is 4.74 Å². The molecule has 0 spiro atoms. The van der Waals surface area contributed by atoms with Gasteiger partial charge in [-0.3, -0.25) is 0 Å². The van der Waals surface area contributed by atoms with Crippen molar-refractivity contribution in [3.63, 3.8) is 0 Å². The number of rotatable bonds is 6. The summed E-state index contributed by atoms with van der Waals surface area (Å²) in [4.78, 5) is 0. The van der Waals surface area contributed by atoms with E-state index in [0.717, 1.165) is 17.9 Å². The van der Waals surface area contributed by atoms with Crippen LogP contribution in [0.5, 0.6) is 5.75 Å². The molecule has 0 fully saturated rings. The fraction of sp³-hybridized carbons (Fsp3) is 0.429. The highest BCUT2D eigenvalue weighted by Gasteiger charge is 2.04. The molecule has 88 valence electrons. The smallest absolute Gasteiger partial charge is 0.120 e. The normalized spacial score (nSPS) is 12.2. The van der Waals surface area contributed by atoms with E-state index in [9.17, 15) is 0 Å². The zero-order chi connectivity index (χ0) is 12.0. The number of ether oxygens (including phenoxy) is 1. The summed E-state index contributed by atoms with van der Waals surface area (Å²) < 4.78 is 5.61. The summed E-state index contributed by atoms with van der Waals surface area (Å²) in [6.07, 6.45) is 0. The van der Waals surface area contributed by atoms with Crippen LogP contribution in [0, 0.1) is 0 Å². The van der Waals surface area contributed by atoms with Gasteiger partial charge in [0.05, 0.1) is 0 Å². The number of hydrogen-bond acceptors (Lipinski definition) is 2. The quantitative estimate of drug-likeness (QED) is 0.741. The van der Waals surface area contributed by atoms with Crippen molar-refractivity contribution in [2.45, 2.75) is 26.8 Å². The van der Waals surface area contributed by atoms with Gasteiger partial charge < -0.3 is 10.1 Å². The summed E-state index contributed by atoms with van der Waals surface area (Å²) in [5, 5.41) is 3.38. The Hall–Kier alpha value is -1.28. The van der Waals surface area contributed by atoms with E-state index in [2.05, 4.69) is 37.9 Å². The molecule has 0 bridgehead atoms. The lowest BCUT2D eigenvalue weighted by Gasteiger charge is -2.14. The average molecular weight is 219 g/mol. The van der Waals surface area contributed by atoms with Gasteiger partial charge in [-0.05, 0) is 43.7 Å². The third-order valence-corrected chi connectivity index (χ3v) is 2.35. The highest BCUT2D eigenvalue weighted by molar-refractivity contribution is 5.30. The molecule has 1 unspecified atom stereocenters. The van der Waals surface area contributed by atoms with Gasteiger partial charge in [0.2, 0.25) is 0 Å². The van der Waals surface area contributed by atoms with Crippen LogP contribution >= 0.6 is 0 Å². The lowest BCUT2D eigenvalue weighted by Crippen LogP contribution is -2.17. The Morgan fingerprint density at radius 3 is 2.88 bits per heavy atom. The number of nitrogens with one attached hydrogen (secondary N) is 1. The van der Waals surface area contributed by atoms with E-state index in [-0.39, 0.29) is 0 Å². The van der Waals surface area contributed by atoms with Crippen LogP contribution in [0.3, 0.4) is 0 Å². The van der Waals surface area contributed by atoms with Gasteiger partial charge >= 0.3 is 0 Å². The molecule has 0 saturated carbocycles. The molecular formula is C14H21NO. The number of benzene rings is 1. The van der Waals surface area contributed by atoms with Crippen LogP contribution in [0.1, 0.15) is 32.4 Å². The van der Waals surface area contributed by atoms with Gasteiger partial charge in [0.1, 0.15) is 12.4 Å². The fourth-order valence-corrected chi connectivity index (χ4v) is 1.50. The first-order chi connectivity index (χ1) is 7.63. The molecule has 0 amide bonds. The van der Waals surface area contributed by atoms with Crippen LogP contribution in [0.25, 0.3) is 0 Å². The topological polar surface area (TPSA) is 21.3 Å². The second-order valence-corrected chi connectivity index (χ2v) is 4.10. The zero-order valence-electron chi connectivity index (χ0n) is 10.4. The van der Waals surface area contributed by atoms with Gasteiger partial charge in [0.25, 0.3) is 0 Å². The third-order valence-electron chi connectivity index (χ3n) is 2.35. The van der Waals surface area contributed by atoms with Crippen LogP contribution in [0.4, 0.5) is 0 Å². The van der Waals surface area contributed by atoms with Crippen molar-refractivity contribution in [1.82, 2.24) is 5.32 Å². The summed E-state index contributed by atoms with van der Waals surface area (Å²) in [5.74, 6) is 0.908. The van der Waals surface area contributed by atoms with E-state index in [0.29, 0.717) is 12.6 Å². The van der Waals surface area contributed by atoms with Gasteiger partial charge in [-0.15, -0.1) is 0 Å². The molecule has 0 aliphatic heterocycles. The summed E-state index contributed by atoms with van der Waals surface area (Å²) in [6.45, 7) is 11.6. The monoisotopic (exact) mass is 219 g/mol. The Morgan fingerprint density at radius 2 is 2.25 bits per heavy atom. The van der Waals surface area contributed by atoms with Crippen molar-refractivity contribution in [3.05, 3.63) is 42.0 Å². The molecule has 0 radical (unpaired) electrons. The van der Waals surface area contributed by atoms with Gasteiger partial charge in [0, 0.05) is 6.04 Å². The summed E-state index contributed by atoms with van der Waals surface area (Å²) in [7, 11) is 0. The third kappa shape index (κ3) is 4.07. The van der Waals surface area contributed by atoms with Crippen molar-refractivity contribution in [1.29, 1.82) is 0 Å². The summed E-state index contributed by atoms with van der Waals surface area (Å²) in [6, 6.07) is 8.55. The minimum atomic E-state index is 0.360. The molecule has 16 heavy (non-hydrogen) atoms. The standard InChI is InChI=1S/C14H21NO/c1-5-15-12(4)13-7-6-8-14(9-13)16-10-11(2)3/h6-9,12,15H,2,5,10H2,1,3-4H3. The van der Waals surface area contributed by atoms with Gasteiger partial charge in [-0.25, -0.2) is 0 Å². The summed E-state index contributed by atoms with van der Waals surface area (Å²) in [5.41, 5.74) is 2.28. The molecular weight excluding hydrogens is 198 g/mol. The number of hydrogen-bond donors (Lipinski definition) is 1. The maximum atomic E-state index is 5.61. The Kier molecular flexibility index (Phi) is 5.06. The first kappa shape index (κ1) is 12.8. The zero-order valence-corrected chi connectivity index (χ0v) is 10.4. The van der Waals surface area contributed by atoms with Crippen molar-refractivity contribution >= 4 is 0 Å². The fourth-order valence-electron chi connectivity index (χ4n) is 1.50. The molecule has 2 heteroatoms. The predicted octanol–water partition coefficient (Wildman–Crippen LogP) is 3.31. The molecule has 1 atom stereocenters. The molecule has 1 aromatic carbocycles. The highest BCUT2D eigenvalue weighted by Crippen LogP contribution is 2.19. The van der Waals surface area contributed by atoms with Crippen LogP contribution in [-0.4, -0.2) is 13.2 Å². The van der Waals surface area contributed by atoms with E-state index >= 15 is 0 Å². The molecule has 0 aromatic heterocycles. The minimum absolute atomic E-state index is 0.360. The lowest BCUT2D eigenvalue weighted by molar-refractivity contribution is 0.352. The van der Waals surface area contributed by atoms with Crippen LogP contribution in [0.2, 0.25) is 0 Å². The lowest BCUT2D eigenvalue weighted by atomic mass is 10.1. The largest absolute Gasteiger partial charge is 0.489 e. The molecule has 0 saturated heterocycles.